The number of aromatic hydroxyl groups is 1. The maximum atomic E-state index is 11.1. The average molecular weight is 398 g/mol. The summed E-state index contributed by atoms with van der Waals surface area (Å²) in [5.74, 6) is 2.98. The zero-order valence-electron chi connectivity index (χ0n) is 19.5. The summed E-state index contributed by atoms with van der Waals surface area (Å²) in [4.78, 5) is 4.90. The molecule has 0 bridgehead atoms. The van der Waals surface area contributed by atoms with Gasteiger partial charge in [-0.3, -0.25) is 4.99 Å². The first kappa shape index (κ1) is 22.4. The van der Waals surface area contributed by atoms with E-state index in [0.29, 0.717) is 35.0 Å². The van der Waals surface area contributed by atoms with E-state index in [0.717, 1.165) is 17.0 Å². The van der Waals surface area contributed by atoms with E-state index >= 15 is 0 Å². The van der Waals surface area contributed by atoms with E-state index in [-0.39, 0.29) is 0 Å². The fourth-order valence-corrected chi connectivity index (χ4v) is 5.87. The van der Waals surface area contributed by atoms with Crippen LogP contribution in [0.3, 0.4) is 0 Å². The summed E-state index contributed by atoms with van der Waals surface area (Å²) in [6.45, 7) is 11.8. The van der Waals surface area contributed by atoms with Crippen LogP contribution in [0.2, 0.25) is 0 Å². The number of nitrogens with zero attached hydrogens (tertiary/aromatic N) is 1. The molecule has 2 nitrogen and oxygen atoms in total. The zero-order valence-corrected chi connectivity index (χ0v) is 19.5. The van der Waals surface area contributed by atoms with Gasteiger partial charge in [0.1, 0.15) is 5.75 Å². The van der Waals surface area contributed by atoms with E-state index < -0.39 is 0 Å². The van der Waals surface area contributed by atoms with E-state index in [1.807, 2.05) is 12.3 Å². The third kappa shape index (κ3) is 5.64. The molecule has 0 aromatic heterocycles. The minimum absolute atomic E-state index is 0.409. The molecule has 29 heavy (non-hydrogen) atoms. The van der Waals surface area contributed by atoms with Crippen molar-refractivity contribution in [2.75, 3.05) is 0 Å². The molecule has 2 aliphatic rings. The highest BCUT2D eigenvalue weighted by molar-refractivity contribution is 5.84. The molecule has 1 aromatic carbocycles. The van der Waals surface area contributed by atoms with Crippen LogP contribution >= 0.6 is 0 Å². The topological polar surface area (TPSA) is 32.6 Å². The second-order valence-corrected chi connectivity index (χ2v) is 11.1. The molecule has 2 fully saturated rings. The van der Waals surface area contributed by atoms with Crippen LogP contribution in [0, 0.1) is 23.2 Å². The highest BCUT2D eigenvalue weighted by atomic mass is 16.3. The average Bonchev–Trinajstić information content (AvgIpc) is 2.67. The first-order chi connectivity index (χ1) is 13.8. The molecule has 0 amide bonds. The van der Waals surface area contributed by atoms with Gasteiger partial charge in [0, 0.05) is 17.8 Å². The van der Waals surface area contributed by atoms with E-state index in [1.165, 1.54) is 57.8 Å². The predicted molar refractivity (Wildman–Crippen MR) is 125 cm³/mol. The van der Waals surface area contributed by atoms with Gasteiger partial charge in [-0.1, -0.05) is 78.9 Å². The van der Waals surface area contributed by atoms with E-state index in [9.17, 15) is 5.11 Å². The van der Waals surface area contributed by atoms with Gasteiger partial charge in [-0.25, -0.2) is 0 Å². The normalized spacial score (nSPS) is 32.1. The monoisotopic (exact) mass is 397 g/mol. The third-order valence-electron chi connectivity index (χ3n) is 7.85. The Hall–Kier alpha value is -1.31. The lowest BCUT2D eigenvalue weighted by Gasteiger charge is -2.35. The van der Waals surface area contributed by atoms with Crippen molar-refractivity contribution in [3.8, 4) is 5.75 Å². The summed E-state index contributed by atoms with van der Waals surface area (Å²) in [7, 11) is 0. The molecule has 2 aliphatic carbocycles. The van der Waals surface area contributed by atoms with Crippen LogP contribution in [0.25, 0.3) is 0 Å². The summed E-state index contributed by atoms with van der Waals surface area (Å²) in [6.07, 6.45) is 13.4. The largest absolute Gasteiger partial charge is 0.507 e. The van der Waals surface area contributed by atoms with E-state index in [2.05, 4.69) is 46.8 Å². The Bertz CT molecular complexity index is 666. The van der Waals surface area contributed by atoms with Crippen LogP contribution in [-0.4, -0.2) is 17.4 Å². The first-order valence-corrected chi connectivity index (χ1v) is 12.1. The van der Waals surface area contributed by atoms with Gasteiger partial charge in [-0.15, -0.1) is 0 Å². The highest BCUT2D eigenvalue weighted by Crippen LogP contribution is 2.43. The molecule has 0 saturated heterocycles. The Kier molecular flexibility index (Phi) is 7.46. The fraction of sp³-hybridized carbons (Fsp3) is 0.741. The number of benzene rings is 1. The number of phenols is 1. The maximum absolute atomic E-state index is 11.1. The van der Waals surface area contributed by atoms with Gasteiger partial charge in [-0.2, -0.15) is 0 Å². The Morgan fingerprint density at radius 3 is 2.10 bits per heavy atom. The molecule has 2 unspecified atom stereocenters. The Morgan fingerprint density at radius 2 is 1.52 bits per heavy atom. The smallest absolute Gasteiger partial charge is 0.127 e. The van der Waals surface area contributed by atoms with Gasteiger partial charge < -0.3 is 5.11 Å². The van der Waals surface area contributed by atoms with Crippen molar-refractivity contribution in [2.45, 2.75) is 104 Å². The summed E-state index contributed by atoms with van der Waals surface area (Å²) < 4.78 is 0. The lowest BCUT2D eigenvalue weighted by Crippen LogP contribution is -2.27. The summed E-state index contributed by atoms with van der Waals surface area (Å²) in [6, 6.07) is 6.71. The third-order valence-corrected chi connectivity index (χ3v) is 7.85. The van der Waals surface area contributed by atoms with Crippen molar-refractivity contribution < 1.29 is 5.11 Å². The minimum Gasteiger partial charge on any atom is -0.507 e. The van der Waals surface area contributed by atoms with Gasteiger partial charge in [0.25, 0.3) is 0 Å². The van der Waals surface area contributed by atoms with Crippen LogP contribution in [0.4, 0.5) is 0 Å². The molecule has 0 radical (unpaired) electrons. The molecular formula is C27H43NO. The van der Waals surface area contributed by atoms with Crippen molar-refractivity contribution in [2.24, 2.45) is 28.2 Å². The molecule has 0 spiro atoms. The summed E-state index contributed by atoms with van der Waals surface area (Å²) in [5, 5.41) is 11.1. The summed E-state index contributed by atoms with van der Waals surface area (Å²) in [5.41, 5.74) is 2.46. The fourth-order valence-electron chi connectivity index (χ4n) is 5.87. The van der Waals surface area contributed by atoms with Crippen LogP contribution in [-0.2, 0) is 0 Å². The summed E-state index contributed by atoms with van der Waals surface area (Å²) >= 11 is 0. The molecule has 0 heterocycles. The van der Waals surface area contributed by atoms with Gasteiger partial charge in [0.2, 0.25) is 0 Å². The van der Waals surface area contributed by atoms with Crippen LogP contribution in [0.1, 0.15) is 109 Å². The molecule has 3 rings (SSSR count). The molecule has 162 valence electrons. The second kappa shape index (κ2) is 9.67. The molecule has 2 saturated carbocycles. The second-order valence-electron chi connectivity index (χ2n) is 11.1. The minimum atomic E-state index is 0.409. The number of aliphatic imine (C=N–C) groups is 1. The molecular weight excluding hydrogens is 354 g/mol. The maximum Gasteiger partial charge on any atom is 0.127 e. The molecule has 1 N–H and O–H groups in total. The Labute approximate surface area is 179 Å². The number of rotatable bonds is 3. The number of para-hydroxylation sites is 1. The lowest BCUT2D eigenvalue weighted by molar-refractivity contribution is 0.170. The highest BCUT2D eigenvalue weighted by Gasteiger charge is 2.30. The molecule has 1 aromatic rings. The molecule has 2 heteroatoms. The standard InChI is InChI=1S/C27H43NO/c1-19-10-7-6-8-11-20(2)25(19)24-13-9-12-21(26(24)29)18-28-23-16-14-22(15-17-23)27(3,4)5/h9,12-13,18-20,22-23,25,29H,6-8,10-11,14-17H2,1-5H3. The molecule has 2 atom stereocenters. The number of hydrogen-bond donors (Lipinski definition) is 1. The van der Waals surface area contributed by atoms with Gasteiger partial charge in [0.15, 0.2) is 0 Å². The number of hydrogen-bond acceptors (Lipinski definition) is 2. The van der Waals surface area contributed by atoms with Gasteiger partial charge in [0.05, 0.1) is 0 Å². The lowest BCUT2D eigenvalue weighted by atomic mass is 9.71. The van der Waals surface area contributed by atoms with Crippen LogP contribution in [0.5, 0.6) is 5.75 Å². The Balaban J connectivity index is 1.72. The Morgan fingerprint density at radius 1 is 0.897 bits per heavy atom. The van der Waals surface area contributed by atoms with Crippen molar-refractivity contribution in [3.63, 3.8) is 0 Å². The van der Waals surface area contributed by atoms with Gasteiger partial charge >= 0.3 is 0 Å². The van der Waals surface area contributed by atoms with Crippen molar-refractivity contribution >= 4 is 6.21 Å². The van der Waals surface area contributed by atoms with Crippen molar-refractivity contribution in [1.29, 1.82) is 0 Å². The van der Waals surface area contributed by atoms with Crippen LogP contribution < -0.4 is 0 Å². The van der Waals surface area contributed by atoms with E-state index in [1.54, 1.807) is 0 Å². The van der Waals surface area contributed by atoms with Gasteiger partial charge in [-0.05, 0) is 66.4 Å². The quantitative estimate of drug-likeness (QED) is 0.520. The van der Waals surface area contributed by atoms with E-state index in [4.69, 9.17) is 4.99 Å². The zero-order chi connectivity index (χ0) is 21.0. The van der Waals surface area contributed by atoms with Crippen molar-refractivity contribution in [1.82, 2.24) is 0 Å². The van der Waals surface area contributed by atoms with Crippen LogP contribution in [0.15, 0.2) is 23.2 Å². The molecule has 0 aliphatic heterocycles. The number of phenolic OH excluding ortho intramolecular Hbond substituents is 1. The predicted octanol–water partition coefficient (Wildman–Crippen LogP) is 7.74. The first-order valence-electron chi connectivity index (χ1n) is 12.1. The SMILES string of the molecule is CC1CCCCCC(C)C1c1cccc(C=NC2CCC(C(C)(C)C)CC2)c1O. The van der Waals surface area contributed by atoms with Crippen molar-refractivity contribution in [3.05, 3.63) is 29.3 Å².